The lowest BCUT2D eigenvalue weighted by atomic mass is 9.72. The van der Waals surface area contributed by atoms with Gasteiger partial charge in [-0.05, 0) is 98.0 Å². The Bertz CT molecular complexity index is 916. The van der Waals surface area contributed by atoms with E-state index in [1.165, 1.54) is 24.0 Å². The summed E-state index contributed by atoms with van der Waals surface area (Å²) in [6.45, 7) is 10.9. The Balaban J connectivity index is 2.14. The summed E-state index contributed by atoms with van der Waals surface area (Å²) in [5.41, 5.74) is 3.91. The zero-order chi connectivity index (χ0) is 22.7. The monoisotopic (exact) mass is 508 g/mol. The molecular formula is C25H34BrClN2O2. The van der Waals surface area contributed by atoms with E-state index in [0.717, 1.165) is 35.9 Å². The predicted octanol–water partition coefficient (Wildman–Crippen LogP) is 7.52. The summed E-state index contributed by atoms with van der Waals surface area (Å²) >= 11 is 9.99. The van der Waals surface area contributed by atoms with E-state index in [9.17, 15) is 4.79 Å². The minimum atomic E-state index is -0.338. The van der Waals surface area contributed by atoms with Crippen LogP contribution in [0.25, 0.3) is 0 Å². The third kappa shape index (κ3) is 5.54. The Hall–Kier alpha value is -1.33. The Morgan fingerprint density at radius 2 is 1.97 bits per heavy atom. The molecule has 0 radical (unpaired) electrons. The molecule has 1 aliphatic carbocycles. The second kappa shape index (κ2) is 10.5. The van der Waals surface area contributed by atoms with Gasteiger partial charge in [-0.15, -0.1) is 0 Å². The third-order valence-electron chi connectivity index (χ3n) is 6.62. The number of hydrogen-bond donors (Lipinski definition) is 0. The number of aromatic nitrogens is 2. The Morgan fingerprint density at radius 1 is 1.29 bits per heavy atom. The minimum absolute atomic E-state index is 0.172. The van der Waals surface area contributed by atoms with Crippen molar-refractivity contribution in [3.8, 4) is 0 Å². The molecule has 2 aromatic rings. The van der Waals surface area contributed by atoms with Gasteiger partial charge in [0, 0.05) is 17.0 Å². The van der Waals surface area contributed by atoms with Crippen molar-refractivity contribution >= 4 is 33.5 Å². The molecule has 0 aliphatic heterocycles. The van der Waals surface area contributed by atoms with E-state index in [-0.39, 0.29) is 17.9 Å². The first-order chi connectivity index (χ1) is 14.7. The van der Waals surface area contributed by atoms with Crippen molar-refractivity contribution in [2.45, 2.75) is 78.7 Å². The summed E-state index contributed by atoms with van der Waals surface area (Å²) < 4.78 is 8.28. The van der Waals surface area contributed by atoms with Crippen LogP contribution in [0, 0.1) is 18.8 Å². The van der Waals surface area contributed by atoms with Gasteiger partial charge in [0.05, 0.1) is 12.3 Å². The van der Waals surface area contributed by atoms with E-state index < -0.39 is 0 Å². The zero-order valence-corrected chi connectivity index (χ0v) is 21.6. The number of carbonyl (C=O) groups excluding carboxylic acids is 1. The molecular weight excluding hydrogens is 476 g/mol. The van der Waals surface area contributed by atoms with Gasteiger partial charge in [0.25, 0.3) is 0 Å². The van der Waals surface area contributed by atoms with Crippen LogP contribution in [0.5, 0.6) is 0 Å². The molecule has 6 heteroatoms. The molecule has 1 unspecified atom stereocenters. The number of hydrogen-bond acceptors (Lipinski definition) is 3. The summed E-state index contributed by atoms with van der Waals surface area (Å²) in [6.07, 6.45) is 5.61. The van der Waals surface area contributed by atoms with Crippen molar-refractivity contribution in [3.63, 3.8) is 0 Å². The van der Waals surface area contributed by atoms with Gasteiger partial charge in [-0.1, -0.05) is 37.4 Å². The van der Waals surface area contributed by atoms with Gasteiger partial charge >= 0.3 is 5.97 Å². The van der Waals surface area contributed by atoms with Crippen LogP contribution in [0.3, 0.4) is 0 Å². The van der Waals surface area contributed by atoms with E-state index >= 15 is 0 Å². The molecule has 0 saturated heterocycles. The van der Waals surface area contributed by atoms with Gasteiger partial charge in [-0.25, -0.2) is 9.78 Å². The van der Waals surface area contributed by atoms with Crippen LogP contribution >= 0.6 is 27.5 Å². The standard InChI is InChI=1S/C25H34BrClN2O2/c1-6-31-24(30)22-23(29(15(2)3)25(26)28-22)21(18-10-7-16(4)8-11-18)14-19-13-20(27)12-9-17(19)5/h9,12-13,15-16,18,21H,6-8,10-11,14H2,1-5H3. The molecule has 31 heavy (non-hydrogen) atoms. The number of benzene rings is 1. The van der Waals surface area contributed by atoms with Crippen LogP contribution in [0.2, 0.25) is 5.02 Å². The van der Waals surface area contributed by atoms with E-state index in [1.54, 1.807) is 0 Å². The van der Waals surface area contributed by atoms with E-state index in [4.69, 9.17) is 16.3 Å². The molecule has 1 atom stereocenters. The minimum Gasteiger partial charge on any atom is -0.461 e. The summed E-state index contributed by atoms with van der Waals surface area (Å²) in [6, 6.07) is 6.27. The maximum Gasteiger partial charge on any atom is 0.358 e. The van der Waals surface area contributed by atoms with Crippen LogP contribution in [-0.2, 0) is 11.2 Å². The van der Waals surface area contributed by atoms with Crippen LogP contribution in [0.4, 0.5) is 0 Å². The van der Waals surface area contributed by atoms with E-state index in [0.29, 0.717) is 23.0 Å². The summed E-state index contributed by atoms with van der Waals surface area (Å²) in [5.74, 6) is 1.08. The van der Waals surface area contributed by atoms with Gasteiger partial charge in [-0.2, -0.15) is 0 Å². The van der Waals surface area contributed by atoms with Crippen LogP contribution in [0.15, 0.2) is 22.9 Å². The lowest BCUT2D eigenvalue weighted by Gasteiger charge is -2.34. The highest BCUT2D eigenvalue weighted by atomic mass is 79.9. The average molecular weight is 510 g/mol. The van der Waals surface area contributed by atoms with Crippen LogP contribution in [-0.4, -0.2) is 22.1 Å². The molecule has 4 nitrogen and oxygen atoms in total. The number of esters is 1. The number of rotatable bonds is 7. The fraction of sp³-hybridized carbons (Fsp3) is 0.600. The van der Waals surface area contributed by atoms with E-state index in [2.05, 4.69) is 65.3 Å². The Labute approximate surface area is 199 Å². The average Bonchev–Trinajstić information content (AvgIpc) is 3.07. The fourth-order valence-corrected chi connectivity index (χ4v) is 5.86. The smallest absolute Gasteiger partial charge is 0.358 e. The molecule has 0 N–H and O–H groups in total. The lowest BCUT2D eigenvalue weighted by molar-refractivity contribution is 0.0516. The third-order valence-corrected chi connectivity index (χ3v) is 7.42. The molecule has 1 heterocycles. The number of carbonyl (C=O) groups is 1. The second-order valence-corrected chi connectivity index (χ2v) is 10.3. The van der Waals surface area contributed by atoms with Gasteiger partial charge in [0.2, 0.25) is 0 Å². The maximum atomic E-state index is 12.9. The molecule has 1 aromatic heterocycles. The van der Waals surface area contributed by atoms with Crippen molar-refractivity contribution in [2.24, 2.45) is 11.8 Å². The van der Waals surface area contributed by atoms with Crippen molar-refractivity contribution in [1.82, 2.24) is 9.55 Å². The van der Waals surface area contributed by atoms with Gasteiger partial charge in [0.15, 0.2) is 10.4 Å². The van der Waals surface area contributed by atoms with Crippen LogP contribution in [0.1, 0.15) is 92.6 Å². The molecule has 1 fully saturated rings. The number of imidazole rings is 1. The highest BCUT2D eigenvalue weighted by Gasteiger charge is 2.35. The van der Waals surface area contributed by atoms with Gasteiger partial charge in [-0.3, -0.25) is 0 Å². The molecule has 170 valence electrons. The first-order valence-electron chi connectivity index (χ1n) is 11.4. The molecule has 1 aliphatic rings. The highest BCUT2D eigenvalue weighted by Crippen LogP contribution is 2.43. The second-order valence-electron chi connectivity index (χ2n) is 9.20. The normalized spacial score (nSPS) is 20.1. The van der Waals surface area contributed by atoms with Crippen molar-refractivity contribution in [1.29, 1.82) is 0 Å². The Morgan fingerprint density at radius 3 is 2.58 bits per heavy atom. The predicted molar refractivity (Wildman–Crippen MR) is 130 cm³/mol. The number of ether oxygens (including phenoxy) is 1. The molecule has 0 bridgehead atoms. The van der Waals surface area contributed by atoms with E-state index in [1.807, 2.05) is 13.0 Å². The van der Waals surface area contributed by atoms with Gasteiger partial charge < -0.3 is 9.30 Å². The first-order valence-corrected chi connectivity index (χ1v) is 12.6. The summed E-state index contributed by atoms with van der Waals surface area (Å²) in [4.78, 5) is 17.6. The van der Waals surface area contributed by atoms with Crippen molar-refractivity contribution in [2.75, 3.05) is 6.61 Å². The molecule has 0 spiro atoms. The quantitative estimate of drug-likeness (QED) is 0.363. The molecule has 1 aromatic carbocycles. The van der Waals surface area contributed by atoms with Gasteiger partial charge in [0.1, 0.15) is 0 Å². The first kappa shape index (κ1) is 24.3. The van der Waals surface area contributed by atoms with Crippen molar-refractivity contribution in [3.05, 3.63) is 50.5 Å². The Kier molecular flexibility index (Phi) is 8.25. The highest BCUT2D eigenvalue weighted by molar-refractivity contribution is 9.10. The molecule has 0 amide bonds. The largest absolute Gasteiger partial charge is 0.461 e. The van der Waals surface area contributed by atoms with Crippen molar-refractivity contribution < 1.29 is 9.53 Å². The number of aryl methyl sites for hydroxylation is 1. The fourth-order valence-electron chi connectivity index (χ4n) is 4.88. The number of nitrogens with zero attached hydrogens (tertiary/aromatic N) is 2. The number of halogens is 2. The molecule has 1 saturated carbocycles. The van der Waals surface area contributed by atoms with Crippen LogP contribution < -0.4 is 0 Å². The molecule has 3 rings (SSSR count). The topological polar surface area (TPSA) is 44.1 Å². The zero-order valence-electron chi connectivity index (χ0n) is 19.3. The lowest BCUT2D eigenvalue weighted by Crippen LogP contribution is -2.26. The SMILES string of the molecule is CCOC(=O)c1nc(Br)n(C(C)C)c1C(Cc1cc(Cl)ccc1C)C1CCC(C)CC1. The summed E-state index contributed by atoms with van der Waals surface area (Å²) in [5, 5.41) is 0.751. The summed E-state index contributed by atoms with van der Waals surface area (Å²) in [7, 11) is 0. The maximum absolute atomic E-state index is 12.9.